The molecule has 2 rings (SSSR count). The van der Waals surface area contributed by atoms with Crippen molar-refractivity contribution in [2.24, 2.45) is 0 Å². The van der Waals surface area contributed by atoms with Crippen LogP contribution in [0.25, 0.3) is 0 Å². The van der Waals surface area contributed by atoms with Crippen molar-refractivity contribution in [1.29, 1.82) is 0 Å². The molecule has 2 aromatic rings. The molecule has 0 saturated heterocycles. The molecule has 0 bridgehead atoms. The maximum absolute atomic E-state index is 12.2. The zero-order valence-corrected chi connectivity index (χ0v) is 12.2. The zero-order valence-electron chi connectivity index (χ0n) is 10.6. The number of rotatable bonds is 5. The highest BCUT2D eigenvalue weighted by Crippen LogP contribution is 2.19. The molecular weight excluding hydrogens is 286 g/mol. The number of thiophene rings is 1. The molecule has 0 atom stereocenters. The average molecular weight is 301 g/mol. The van der Waals surface area contributed by atoms with E-state index in [2.05, 4.69) is 14.9 Å². The van der Waals surface area contributed by atoms with E-state index in [1.807, 2.05) is 19.1 Å². The van der Waals surface area contributed by atoms with Crippen LogP contribution in [-0.2, 0) is 23.2 Å². The summed E-state index contributed by atoms with van der Waals surface area (Å²) in [7, 11) is -3.68. The maximum atomic E-state index is 12.2. The van der Waals surface area contributed by atoms with Crippen LogP contribution in [0, 0.1) is 13.8 Å². The first-order valence-corrected chi connectivity index (χ1v) is 7.93. The highest BCUT2D eigenvalue weighted by atomic mass is 32.2. The van der Waals surface area contributed by atoms with E-state index in [9.17, 15) is 8.42 Å². The fourth-order valence-corrected chi connectivity index (χ4v) is 4.03. The number of H-pyrrole nitrogens is 1. The molecule has 0 aliphatic carbocycles. The van der Waals surface area contributed by atoms with Crippen LogP contribution in [0.5, 0.6) is 0 Å². The summed E-state index contributed by atoms with van der Waals surface area (Å²) in [6, 6.07) is 3.83. The first-order chi connectivity index (χ1) is 8.94. The van der Waals surface area contributed by atoms with Crippen LogP contribution in [-0.4, -0.2) is 23.7 Å². The third kappa shape index (κ3) is 3.03. The van der Waals surface area contributed by atoms with Gasteiger partial charge in [0.1, 0.15) is 10.6 Å². The Labute approximate surface area is 115 Å². The van der Waals surface area contributed by atoms with Gasteiger partial charge in [-0.1, -0.05) is 0 Å². The number of hydrogen-bond acceptors (Lipinski definition) is 5. The molecule has 104 valence electrons. The number of aliphatic hydroxyl groups is 1. The van der Waals surface area contributed by atoms with Gasteiger partial charge in [0.05, 0.1) is 12.3 Å². The molecule has 0 fully saturated rings. The number of sulfonamides is 1. The molecular formula is C11H15N3O3S2. The summed E-state index contributed by atoms with van der Waals surface area (Å²) in [6.07, 6.45) is 0. The maximum Gasteiger partial charge on any atom is 0.244 e. The topological polar surface area (TPSA) is 95.1 Å². The lowest BCUT2D eigenvalue weighted by Gasteiger charge is -2.06. The van der Waals surface area contributed by atoms with Crippen LogP contribution in [0.3, 0.4) is 0 Å². The monoisotopic (exact) mass is 301 g/mol. The SMILES string of the molecule is Cc1ccc(CNS(=O)(=O)c2c(CO)n[nH]c2C)s1. The molecule has 0 aromatic carbocycles. The number of aryl methyl sites for hydroxylation is 2. The van der Waals surface area contributed by atoms with Gasteiger partial charge < -0.3 is 5.11 Å². The summed E-state index contributed by atoms with van der Waals surface area (Å²) in [6.45, 7) is 3.39. The molecule has 2 heterocycles. The van der Waals surface area contributed by atoms with E-state index in [1.54, 1.807) is 18.3 Å². The Balaban J connectivity index is 2.20. The first kappa shape index (κ1) is 14.2. The third-order valence-corrected chi connectivity index (χ3v) is 5.22. The van der Waals surface area contributed by atoms with Crippen LogP contribution >= 0.6 is 11.3 Å². The van der Waals surface area contributed by atoms with Crippen molar-refractivity contribution < 1.29 is 13.5 Å². The third-order valence-electron chi connectivity index (χ3n) is 2.61. The highest BCUT2D eigenvalue weighted by Gasteiger charge is 2.23. The molecule has 0 aliphatic rings. The molecule has 19 heavy (non-hydrogen) atoms. The molecule has 0 saturated carbocycles. The lowest BCUT2D eigenvalue weighted by molar-refractivity contribution is 0.273. The van der Waals surface area contributed by atoms with Gasteiger partial charge in [0.15, 0.2) is 0 Å². The van der Waals surface area contributed by atoms with Gasteiger partial charge in [0, 0.05) is 16.3 Å². The van der Waals surface area contributed by atoms with E-state index in [0.717, 1.165) is 9.75 Å². The average Bonchev–Trinajstić information content (AvgIpc) is 2.93. The van der Waals surface area contributed by atoms with E-state index in [0.29, 0.717) is 5.69 Å². The van der Waals surface area contributed by atoms with E-state index in [1.165, 1.54) is 0 Å². The highest BCUT2D eigenvalue weighted by molar-refractivity contribution is 7.89. The van der Waals surface area contributed by atoms with Crippen molar-refractivity contribution in [2.45, 2.75) is 31.9 Å². The fraction of sp³-hybridized carbons (Fsp3) is 0.364. The van der Waals surface area contributed by atoms with Crippen LogP contribution in [0.2, 0.25) is 0 Å². The Hall–Kier alpha value is -1.22. The zero-order chi connectivity index (χ0) is 14.0. The Morgan fingerprint density at radius 3 is 2.74 bits per heavy atom. The predicted octanol–water partition coefficient (Wildman–Crippen LogP) is 1.06. The largest absolute Gasteiger partial charge is 0.390 e. The second-order valence-corrected chi connectivity index (χ2v) is 7.20. The van der Waals surface area contributed by atoms with Crippen molar-refractivity contribution in [2.75, 3.05) is 0 Å². The van der Waals surface area contributed by atoms with Crippen molar-refractivity contribution >= 4 is 21.4 Å². The van der Waals surface area contributed by atoms with Crippen LogP contribution in [0.1, 0.15) is 21.1 Å². The summed E-state index contributed by atoms with van der Waals surface area (Å²) < 4.78 is 26.9. The summed E-state index contributed by atoms with van der Waals surface area (Å²) in [5, 5.41) is 15.4. The molecule has 0 amide bonds. The van der Waals surface area contributed by atoms with Gasteiger partial charge in [-0.05, 0) is 26.0 Å². The van der Waals surface area contributed by atoms with Crippen molar-refractivity contribution in [3.05, 3.63) is 33.3 Å². The van der Waals surface area contributed by atoms with Crippen LogP contribution < -0.4 is 4.72 Å². The van der Waals surface area contributed by atoms with Crippen LogP contribution in [0.4, 0.5) is 0 Å². The molecule has 0 radical (unpaired) electrons. The lowest BCUT2D eigenvalue weighted by Crippen LogP contribution is -2.24. The number of aliphatic hydroxyl groups excluding tert-OH is 1. The molecule has 6 nitrogen and oxygen atoms in total. The molecule has 0 spiro atoms. The van der Waals surface area contributed by atoms with Gasteiger partial charge in [-0.25, -0.2) is 13.1 Å². The van der Waals surface area contributed by atoms with Crippen molar-refractivity contribution in [3.63, 3.8) is 0 Å². The van der Waals surface area contributed by atoms with E-state index < -0.39 is 16.6 Å². The van der Waals surface area contributed by atoms with Gasteiger partial charge in [0.25, 0.3) is 0 Å². The molecule has 2 aromatic heterocycles. The number of hydrogen-bond donors (Lipinski definition) is 3. The van der Waals surface area contributed by atoms with E-state index in [4.69, 9.17) is 5.11 Å². The Morgan fingerprint density at radius 2 is 2.16 bits per heavy atom. The number of nitrogens with zero attached hydrogens (tertiary/aromatic N) is 1. The number of aromatic amines is 1. The van der Waals surface area contributed by atoms with E-state index >= 15 is 0 Å². The predicted molar refractivity (Wildman–Crippen MR) is 72.3 cm³/mol. The molecule has 3 N–H and O–H groups in total. The number of nitrogens with one attached hydrogen (secondary N) is 2. The number of aromatic nitrogens is 2. The minimum absolute atomic E-state index is 0.0308. The van der Waals surface area contributed by atoms with Gasteiger partial charge in [-0.2, -0.15) is 5.10 Å². The summed E-state index contributed by atoms with van der Waals surface area (Å²) >= 11 is 1.54. The second kappa shape index (κ2) is 5.41. The van der Waals surface area contributed by atoms with Gasteiger partial charge >= 0.3 is 0 Å². The minimum atomic E-state index is -3.68. The van der Waals surface area contributed by atoms with Crippen molar-refractivity contribution in [3.8, 4) is 0 Å². The van der Waals surface area contributed by atoms with Gasteiger partial charge in [0.2, 0.25) is 10.0 Å². The lowest BCUT2D eigenvalue weighted by atomic mass is 10.4. The smallest absolute Gasteiger partial charge is 0.244 e. The quantitative estimate of drug-likeness (QED) is 0.769. The fourth-order valence-electron chi connectivity index (χ4n) is 1.75. The van der Waals surface area contributed by atoms with Crippen molar-refractivity contribution in [1.82, 2.24) is 14.9 Å². The van der Waals surface area contributed by atoms with Crippen LogP contribution in [0.15, 0.2) is 17.0 Å². The molecule has 0 unspecified atom stereocenters. The summed E-state index contributed by atoms with van der Waals surface area (Å²) in [5.41, 5.74) is 0.547. The summed E-state index contributed by atoms with van der Waals surface area (Å²) in [4.78, 5) is 2.10. The molecule has 0 aliphatic heterocycles. The Bertz CT molecular complexity index is 673. The second-order valence-electron chi connectivity index (χ2n) is 4.12. The Morgan fingerprint density at radius 1 is 1.42 bits per heavy atom. The first-order valence-electron chi connectivity index (χ1n) is 5.63. The Kier molecular flexibility index (Phi) is 4.04. The minimum Gasteiger partial charge on any atom is -0.390 e. The summed E-state index contributed by atoms with van der Waals surface area (Å²) in [5.74, 6) is 0. The standard InChI is InChI=1S/C11H15N3O3S2/c1-7-3-4-9(18-7)5-12-19(16,17)11-8(2)13-14-10(11)6-15/h3-4,12,15H,5-6H2,1-2H3,(H,13,14). The van der Waals surface area contributed by atoms with Gasteiger partial charge in [-0.15, -0.1) is 11.3 Å². The molecule has 8 heteroatoms. The van der Waals surface area contributed by atoms with E-state index in [-0.39, 0.29) is 17.1 Å². The van der Waals surface area contributed by atoms with Gasteiger partial charge in [-0.3, -0.25) is 5.10 Å². The normalized spacial score (nSPS) is 11.9.